The summed E-state index contributed by atoms with van der Waals surface area (Å²) in [4.78, 5) is 40.7. The topological polar surface area (TPSA) is 152 Å². The largest absolute Gasteiger partial charge is 0.476 e. The van der Waals surface area contributed by atoms with Crippen LogP contribution < -0.4 is 10.6 Å². The van der Waals surface area contributed by atoms with Gasteiger partial charge in [0.25, 0.3) is 0 Å². The number of anilines is 1. The minimum atomic E-state index is -1.20. The molecule has 182 valence electrons. The van der Waals surface area contributed by atoms with Gasteiger partial charge in [-0.25, -0.2) is 9.78 Å². The highest BCUT2D eigenvalue weighted by Crippen LogP contribution is 2.20. The number of rotatable bonds is 9. The van der Waals surface area contributed by atoms with E-state index in [1.807, 2.05) is 30.3 Å². The molecule has 1 atom stereocenters. The molecule has 0 bridgehead atoms. The number of amides is 2. The van der Waals surface area contributed by atoms with Gasteiger partial charge in [-0.2, -0.15) is 4.68 Å². The van der Waals surface area contributed by atoms with E-state index in [4.69, 9.17) is 16.7 Å². The van der Waals surface area contributed by atoms with Gasteiger partial charge in [-0.3, -0.25) is 9.59 Å². The van der Waals surface area contributed by atoms with Gasteiger partial charge in [-0.1, -0.05) is 41.9 Å². The summed E-state index contributed by atoms with van der Waals surface area (Å²) < 4.78 is 1.43. The fraction of sp³-hybridized carbons (Fsp3) is 0.0870. The maximum Gasteiger partial charge on any atom is 0.355 e. The molecule has 4 aromatic rings. The Labute approximate surface area is 213 Å². The highest BCUT2D eigenvalue weighted by atomic mass is 35.5. The molecule has 2 aromatic heterocycles. The van der Waals surface area contributed by atoms with Gasteiger partial charge in [0.05, 0.1) is 5.69 Å². The SMILES string of the molecule is O=C(C=Cc1cc(Cl)ccc1-n1cnnn1)N[C@@H](Cc1ccccc1)C(=O)Nc1nc(C(=O)O)cs1. The highest BCUT2D eigenvalue weighted by Gasteiger charge is 2.22. The summed E-state index contributed by atoms with van der Waals surface area (Å²) in [5.41, 5.74) is 1.83. The molecular formula is C23H18ClN7O4S. The molecule has 3 N–H and O–H groups in total. The van der Waals surface area contributed by atoms with Crippen molar-refractivity contribution >= 4 is 51.9 Å². The molecule has 11 nitrogen and oxygen atoms in total. The van der Waals surface area contributed by atoms with Crippen molar-refractivity contribution in [1.29, 1.82) is 0 Å². The molecule has 2 amide bonds. The number of hydrogen-bond donors (Lipinski definition) is 3. The molecule has 0 fully saturated rings. The molecule has 0 spiro atoms. The average molecular weight is 524 g/mol. The van der Waals surface area contributed by atoms with Crippen molar-refractivity contribution in [1.82, 2.24) is 30.5 Å². The molecule has 2 aromatic carbocycles. The Bertz CT molecular complexity index is 1410. The van der Waals surface area contributed by atoms with Crippen molar-refractivity contribution in [3.8, 4) is 5.69 Å². The normalized spacial score (nSPS) is 11.8. The van der Waals surface area contributed by atoms with Crippen molar-refractivity contribution < 1.29 is 19.5 Å². The van der Waals surface area contributed by atoms with Crippen LogP contribution in [0, 0.1) is 0 Å². The number of nitrogens with one attached hydrogen (secondary N) is 2. The lowest BCUT2D eigenvalue weighted by Crippen LogP contribution is -2.44. The predicted molar refractivity (Wildman–Crippen MR) is 133 cm³/mol. The molecule has 0 unspecified atom stereocenters. The van der Waals surface area contributed by atoms with E-state index in [9.17, 15) is 14.4 Å². The smallest absolute Gasteiger partial charge is 0.355 e. The quantitative estimate of drug-likeness (QED) is 0.283. The van der Waals surface area contributed by atoms with E-state index in [2.05, 4.69) is 31.1 Å². The van der Waals surface area contributed by atoms with Crippen LogP contribution in [0.2, 0.25) is 5.02 Å². The zero-order chi connectivity index (χ0) is 25.5. The highest BCUT2D eigenvalue weighted by molar-refractivity contribution is 7.14. The Morgan fingerprint density at radius 1 is 1.17 bits per heavy atom. The fourth-order valence-electron chi connectivity index (χ4n) is 3.21. The second kappa shape index (κ2) is 11.3. The monoisotopic (exact) mass is 523 g/mol. The third kappa shape index (κ3) is 6.37. The minimum absolute atomic E-state index is 0.116. The number of halogens is 1. The van der Waals surface area contributed by atoms with E-state index in [1.165, 1.54) is 28.5 Å². The first-order valence-electron chi connectivity index (χ1n) is 10.4. The van der Waals surface area contributed by atoms with Crippen molar-refractivity contribution in [3.05, 3.63) is 88.2 Å². The summed E-state index contributed by atoms with van der Waals surface area (Å²) >= 11 is 7.09. The molecule has 36 heavy (non-hydrogen) atoms. The molecular weight excluding hydrogens is 506 g/mol. The molecule has 13 heteroatoms. The molecule has 2 heterocycles. The van der Waals surface area contributed by atoms with E-state index in [1.54, 1.807) is 18.2 Å². The summed E-state index contributed by atoms with van der Waals surface area (Å²) in [6.45, 7) is 0. The summed E-state index contributed by atoms with van der Waals surface area (Å²) in [5, 5.41) is 27.3. The predicted octanol–water partition coefficient (Wildman–Crippen LogP) is 2.85. The number of tetrazole rings is 1. The van der Waals surface area contributed by atoms with Crippen molar-refractivity contribution in [3.63, 3.8) is 0 Å². The lowest BCUT2D eigenvalue weighted by molar-refractivity contribution is -0.123. The summed E-state index contributed by atoms with van der Waals surface area (Å²) in [7, 11) is 0. The number of carboxylic acid groups (broad SMARTS) is 1. The van der Waals surface area contributed by atoms with Crippen LogP contribution >= 0.6 is 22.9 Å². The van der Waals surface area contributed by atoms with E-state index in [0.29, 0.717) is 16.3 Å². The number of hydrogen-bond acceptors (Lipinski definition) is 8. The molecule has 0 saturated carbocycles. The average Bonchev–Trinajstić information content (AvgIpc) is 3.56. The number of carboxylic acids is 1. The van der Waals surface area contributed by atoms with Gasteiger partial charge in [-0.15, -0.1) is 16.4 Å². The van der Waals surface area contributed by atoms with Crippen molar-refractivity contribution in [2.75, 3.05) is 5.32 Å². The van der Waals surface area contributed by atoms with Crippen LogP contribution in [0.3, 0.4) is 0 Å². The third-order valence-corrected chi connectivity index (χ3v) is 5.86. The van der Waals surface area contributed by atoms with Gasteiger partial charge in [-0.05, 0) is 40.3 Å². The van der Waals surface area contributed by atoms with Gasteiger partial charge in [0.15, 0.2) is 10.8 Å². The molecule has 0 aliphatic heterocycles. The Balaban J connectivity index is 1.52. The molecule has 0 radical (unpaired) electrons. The van der Waals surface area contributed by atoms with Gasteiger partial charge in [0.2, 0.25) is 11.8 Å². The first-order valence-corrected chi connectivity index (χ1v) is 11.7. The molecule has 4 rings (SSSR count). The number of benzene rings is 2. The Morgan fingerprint density at radius 3 is 2.67 bits per heavy atom. The van der Waals surface area contributed by atoms with Crippen LogP contribution in [0.5, 0.6) is 0 Å². The summed E-state index contributed by atoms with van der Waals surface area (Å²) in [6, 6.07) is 13.2. The van der Waals surface area contributed by atoms with Crippen LogP contribution in [-0.4, -0.2) is 54.1 Å². The minimum Gasteiger partial charge on any atom is -0.476 e. The Morgan fingerprint density at radius 2 is 1.97 bits per heavy atom. The number of thiazole rings is 1. The Kier molecular flexibility index (Phi) is 7.78. The maximum atomic E-state index is 13.0. The second-order valence-corrected chi connectivity index (χ2v) is 8.67. The lowest BCUT2D eigenvalue weighted by atomic mass is 10.1. The first-order chi connectivity index (χ1) is 17.4. The van der Waals surface area contributed by atoms with Crippen molar-refractivity contribution in [2.24, 2.45) is 0 Å². The van der Waals surface area contributed by atoms with Gasteiger partial charge in [0.1, 0.15) is 12.4 Å². The maximum absolute atomic E-state index is 13.0. The number of aromatic nitrogens is 5. The van der Waals surface area contributed by atoms with E-state index < -0.39 is 23.8 Å². The van der Waals surface area contributed by atoms with Crippen LogP contribution in [0.15, 0.2) is 66.3 Å². The summed E-state index contributed by atoms with van der Waals surface area (Å²) in [6.07, 6.45) is 4.43. The molecule has 0 aliphatic rings. The van der Waals surface area contributed by atoms with Gasteiger partial charge < -0.3 is 15.7 Å². The van der Waals surface area contributed by atoms with E-state index in [0.717, 1.165) is 16.9 Å². The fourth-order valence-corrected chi connectivity index (χ4v) is 4.07. The van der Waals surface area contributed by atoms with E-state index in [-0.39, 0.29) is 17.2 Å². The molecule has 0 saturated heterocycles. The zero-order valence-corrected chi connectivity index (χ0v) is 20.0. The number of aromatic carboxylic acids is 1. The summed E-state index contributed by atoms with van der Waals surface area (Å²) in [5.74, 6) is -2.27. The van der Waals surface area contributed by atoms with Crippen LogP contribution in [0.4, 0.5) is 5.13 Å². The van der Waals surface area contributed by atoms with Gasteiger partial charge in [0, 0.05) is 28.5 Å². The van der Waals surface area contributed by atoms with Crippen LogP contribution in [-0.2, 0) is 16.0 Å². The molecule has 0 aliphatic carbocycles. The van der Waals surface area contributed by atoms with Gasteiger partial charge >= 0.3 is 5.97 Å². The second-order valence-electron chi connectivity index (χ2n) is 7.37. The Hall–Kier alpha value is -4.42. The van der Waals surface area contributed by atoms with Crippen molar-refractivity contribution in [2.45, 2.75) is 12.5 Å². The zero-order valence-electron chi connectivity index (χ0n) is 18.4. The first kappa shape index (κ1) is 24.7. The third-order valence-electron chi connectivity index (χ3n) is 4.87. The standard InChI is InChI=1S/C23H18ClN7O4S/c24-16-7-8-19(31-13-25-29-30-31)15(11-16)6-9-20(32)26-17(10-14-4-2-1-3-5-14)21(33)28-23-27-18(12-36-23)22(34)35/h1-9,11-13,17H,10H2,(H,26,32)(H,34,35)(H,27,28,33)/t17-/m0/s1. The lowest BCUT2D eigenvalue weighted by Gasteiger charge is -2.17. The number of carbonyl (C=O) groups is 3. The van der Waals surface area contributed by atoms with Crippen LogP contribution in [0.25, 0.3) is 11.8 Å². The van der Waals surface area contributed by atoms with E-state index >= 15 is 0 Å². The number of carbonyl (C=O) groups excluding carboxylic acids is 2. The number of nitrogens with zero attached hydrogens (tertiary/aromatic N) is 5. The van der Waals surface area contributed by atoms with Crippen LogP contribution in [0.1, 0.15) is 21.6 Å².